The molecular weight excluding hydrogens is 154 g/mol. The van der Waals surface area contributed by atoms with Gasteiger partial charge in [-0.2, -0.15) is 0 Å². The van der Waals surface area contributed by atoms with Gasteiger partial charge < -0.3 is 4.42 Å². The van der Waals surface area contributed by atoms with E-state index in [4.69, 9.17) is 4.42 Å². The molecule has 3 nitrogen and oxygen atoms in total. The maximum Gasteiger partial charge on any atom is 0.416 e. The molecule has 1 N–H and O–H groups in total. The molecule has 1 aromatic heterocycles. The number of hydrogen-bond acceptors (Lipinski definition) is 2. The summed E-state index contributed by atoms with van der Waals surface area (Å²) in [6, 6.07) is 1.44. The van der Waals surface area contributed by atoms with Crippen LogP contribution in [-0.4, -0.2) is 0 Å². The highest BCUT2D eigenvalue weighted by molar-refractivity contribution is 4.94. The maximum absolute atomic E-state index is 11.0. The average molecular weight is 168 g/mol. The second kappa shape index (κ2) is 2.73. The van der Waals surface area contributed by atoms with E-state index in [0.717, 1.165) is 0 Å². The fraction of sp³-hybridized carbons (Fsp3) is 0.556. The third kappa shape index (κ3) is 1.94. The van der Waals surface area contributed by atoms with Crippen molar-refractivity contribution in [2.45, 2.75) is 33.1 Å². The Hall–Kier alpha value is -1.12. The Morgan fingerprint density at radius 3 is 2.42 bits per heavy atom. The fourth-order valence-electron chi connectivity index (χ4n) is 0.889. The Morgan fingerprint density at radius 1 is 1.42 bits per heavy atom. The van der Waals surface area contributed by atoms with Gasteiger partial charge in [-0.25, -0.2) is 4.79 Å². The molecule has 0 unspecified atom stereocenters. The molecule has 66 valence electrons. The van der Waals surface area contributed by atoms with E-state index in [9.17, 15) is 4.79 Å². The summed E-state index contributed by atoms with van der Waals surface area (Å²) in [7, 11) is 0. The lowest BCUT2D eigenvalue weighted by molar-refractivity contribution is -0.435. The molecule has 3 heteroatoms. The molecule has 1 heterocycles. The Bertz CT molecular complexity index is 333. The van der Waals surface area contributed by atoms with Crippen LogP contribution >= 0.6 is 0 Å². The maximum atomic E-state index is 11.0. The monoisotopic (exact) mass is 168 g/mol. The highest BCUT2D eigenvalue weighted by Gasteiger charge is 2.25. The van der Waals surface area contributed by atoms with Gasteiger partial charge in [-0.1, -0.05) is 0 Å². The van der Waals surface area contributed by atoms with E-state index in [1.165, 1.54) is 6.07 Å². The zero-order valence-corrected chi connectivity index (χ0v) is 7.89. The van der Waals surface area contributed by atoms with Crippen LogP contribution in [0.5, 0.6) is 0 Å². The quantitative estimate of drug-likeness (QED) is 0.581. The molecule has 0 aliphatic heterocycles. The van der Waals surface area contributed by atoms with Crippen molar-refractivity contribution in [1.29, 1.82) is 0 Å². The van der Waals surface area contributed by atoms with Crippen LogP contribution in [0.1, 0.15) is 32.4 Å². The Morgan fingerprint density at radius 2 is 2.00 bits per heavy atom. The first kappa shape index (κ1) is 8.97. The minimum absolute atomic E-state index is 0.108. The van der Waals surface area contributed by atoms with E-state index in [-0.39, 0.29) is 11.0 Å². The van der Waals surface area contributed by atoms with Crippen LogP contribution in [0.2, 0.25) is 0 Å². The van der Waals surface area contributed by atoms with Gasteiger partial charge in [-0.3, -0.25) is 0 Å². The van der Waals surface area contributed by atoms with Gasteiger partial charge in [-0.15, -0.1) is 4.98 Å². The third-order valence-electron chi connectivity index (χ3n) is 1.52. The molecule has 0 aromatic carbocycles. The molecule has 0 saturated carbocycles. The van der Waals surface area contributed by atoms with Gasteiger partial charge in [0.2, 0.25) is 0 Å². The summed E-state index contributed by atoms with van der Waals surface area (Å²) in [5.41, 5.74) is -0.255. The summed E-state index contributed by atoms with van der Waals surface area (Å²) in [5.74, 6) is 1.26. The first-order valence-electron chi connectivity index (χ1n) is 3.94. The van der Waals surface area contributed by atoms with Crippen molar-refractivity contribution in [3.8, 4) is 0 Å². The zero-order chi connectivity index (χ0) is 9.35. The summed E-state index contributed by atoms with van der Waals surface area (Å²) in [4.78, 5) is 13.7. The van der Waals surface area contributed by atoms with Crippen LogP contribution in [0.25, 0.3) is 0 Å². The zero-order valence-electron chi connectivity index (χ0n) is 7.89. The molecule has 12 heavy (non-hydrogen) atoms. The second-order valence-electron chi connectivity index (χ2n) is 3.93. The van der Waals surface area contributed by atoms with E-state index >= 15 is 0 Å². The number of nitrogens with one attached hydrogen (secondary N) is 1. The van der Waals surface area contributed by atoms with Gasteiger partial charge in [0, 0.05) is 0 Å². The van der Waals surface area contributed by atoms with Gasteiger partial charge in [0.15, 0.2) is 0 Å². The SMILES string of the molecule is Cc1cc(=O)[nH+]c(C(C)(C)C)o1. The number of hydrogen-bond donors (Lipinski definition) is 0. The molecule has 0 spiro atoms. The summed E-state index contributed by atoms with van der Waals surface area (Å²) < 4.78 is 5.37. The third-order valence-corrected chi connectivity index (χ3v) is 1.52. The highest BCUT2D eigenvalue weighted by atomic mass is 16.3. The van der Waals surface area contributed by atoms with E-state index in [1.54, 1.807) is 6.92 Å². The van der Waals surface area contributed by atoms with Gasteiger partial charge in [-0.05, 0) is 27.7 Å². The number of aryl methyl sites for hydroxylation is 1. The van der Waals surface area contributed by atoms with Crippen LogP contribution < -0.4 is 10.5 Å². The van der Waals surface area contributed by atoms with Crippen molar-refractivity contribution in [3.63, 3.8) is 0 Å². The molecule has 0 aliphatic carbocycles. The largest absolute Gasteiger partial charge is 0.416 e. The molecule has 0 saturated heterocycles. The van der Waals surface area contributed by atoms with Crippen LogP contribution in [0.15, 0.2) is 15.3 Å². The normalized spacial score (nSPS) is 11.7. The molecule has 0 bridgehead atoms. The summed E-state index contributed by atoms with van der Waals surface area (Å²) in [6.45, 7) is 7.73. The van der Waals surface area contributed by atoms with E-state index < -0.39 is 0 Å². The molecule has 0 fully saturated rings. The summed E-state index contributed by atoms with van der Waals surface area (Å²) >= 11 is 0. The lowest BCUT2D eigenvalue weighted by atomic mass is 9.97. The van der Waals surface area contributed by atoms with Crippen LogP contribution in [0.3, 0.4) is 0 Å². The van der Waals surface area contributed by atoms with Crippen molar-refractivity contribution in [2.24, 2.45) is 0 Å². The van der Waals surface area contributed by atoms with Crippen LogP contribution in [0.4, 0.5) is 0 Å². The Balaban J connectivity index is 3.27. The molecule has 0 aliphatic rings. The molecule has 0 radical (unpaired) electrons. The topological polar surface area (TPSA) is 44.4 Å². The van der Waals surface area contributed by atoms with Crippen molar-refractivity contribution in [2.75, 3.05) is 0 Å². The van der Waals surface area contributed by atoms with Gasteiger partial charge in [0.05, 0.1) is 11.5 Å². The minimum Gasteiger partial charge on any atom is -0.413 e. The fourth-order valence-corrected chi connectivity index (χ4v) is 0.889. The Labute approximate surface area is 71.4 Å². The van der Waals surface area contributed by atoms with Crippen LogP contribution in [-0.2, 0) is 5.41 Å². The number of aromatic amines is 1. The lowest BCUT2D eigenvalue weighted by Crippen LogP contribution is -2.35. The van der Waals surface area contributed by atoms with Gasteiger partial charge >= 0.3 is 11.4 Å². The van der Waals surface area contributed by atoms with Crippen LogP contribution in [0, 0.1) is 6.92 Å². The first-order valence-corrected chi connectivity index (χ1v) is 3.94. The molecule has 0 amide bonds. The number of H-pyrrole nitrogens is 1. The summed E-state index contributed by atoms with van der Waals surface area (Å²) in [5, 5.41) is 0. The average Bonchev–Trinajstić information content (AvgIpc) is 1.82. The molecule has 1 aromatic rings. The summed E-state index contributed by atoms with van der Waals surface area (Å²) in [6.07, 6.45) is 0. The van der Waals surface area contributed by atoms with Crippen molar-refractivity contribution in [3.05, 3.63) is 28.1 Å². The van der Waals surface area contributed by atoms with Crippen molar-refractivity contribution in [1.82, 2.24) is 0 Å². The minimum atomic E-state index is -0.148. The highest BCUT2D eigenvalue weighted by Crippen LogP contribution is 2.16. The number of rotatable bonds is 0. The molecule has 1 rings (SSSR count). The predicted octanol–water partition coefficient (Wildman–Crippen LogP) is 1.06. The smallest absolute Gasteiger partial charge is 0.413 e. The second-order valence-corrected chi connectivity index (χ2v) is 3.93. The van der Waals surface area contributed by atoms with Crippen molar-refractivity contribution < 1.29 is 9.40 Å². The number of aromatic nitrogens is 1. The predicted molar refractivity (Wildman–Crippen MR) is 45.0 cm³/mol. The molecular formula is C9H14NO2+. The Kier molecular flexibility index (Phi) is 2.04. The lowest BCUT2D eigenvalue weighted by Gasteiger charge is -2.09. The van der Waals surface area contributed by atoms with Gasteiger partial charge in [0.25, 0.3) is 0 Å². The standard InChI is InChI=1S/C9H13NO2/c1-6-5-7(11)10-8(12-6)9(2,3)4/h5H,1-4H3/p+1. The van der Waals surface area contributed by atoms with Crippen molar-refractivity contribution >= 4 is 0 Å². The first-order chi connectivity index (χ1) is 5.39. The van der Waals surface area contributed by atoms with Gasteiger partial charge in [0.1, 0.15) is 5.76 Å². The van der Waals surface area contributed by atoms with E-state index in [2.05, 4.69) is 4.98 Å². The van der Waals surface area contributed by atoms with E-state index in [1.807, 2.05) is 20.8 Å². The van der Waals surface area contributed by atoms with E-state index in [0.29, 0.717) is 11.7 Å². The molecule has 0 atom stereocenters.